The van der Waals surface area contributed by atoms with Crippen LogP contribution in [0.15, 0.2) is 48.7 Å². The second kappa shape index (κ2) is 4.28. The second-order valence-corrected chi connectivity index (χ2v) is 5.06. The van der Waals surface area contributed by atoms with Crippen molar-refractivity contribution in [3.8, 4) is 0 Å². The molecule has 0 spiro atoms. The van der Waals surface area contributed by atoms with E-state index in [-0.39, 0.29) is 0 Å². The predicted molar refractivity (Wildman–Crippen MR) is 82.7 cm³/mol. The van der Waals surface area contributed by atoms with Crippen LogP contribution in [-0.4, -0.2) is 15.0 Å². The number of benzene rings is 2. The van der Waals surface area contributed by atoms with Crippen molar-refractivity contribution in [2.45, 2.75) is 0 Å². The molecule has 0 fully saturated rings. The van der Waals surface area contributed by atoms with Gasteiger partial charge in [-0.15, -0.1) is 0 Å². The molecule has 5 heteroatoms. The fourth-order valence-electron chi connectivity index (χ4n) is 2.34. The molecule has 20 heavy (non-hydrogen) atoms. The first kappa shape index (κ1) is 11.4. The zero-order valence-corrected chi connectivity index (χ0v) is 11.2. The molecule has 0 saturated carbocycles. The average molecular weight is 283 g/mol. The minimum Gasteiger partial charge on any atom is -0.359 e. The van der Waals surface area contributed by atoms with Crippen molar-refractivity contribution in [3.05, 3.63) is 53.7 Å². The highest BCUT2D eigenvalue weighted by molar-refractivity contribution is 6.31. The maximum atomic E-state index is 6.05. The van der Waals surface area contributed by atoms with Crippen molar-refractivity contribution in [2.24, 2.45) is 0 Å². The summed E-state index contributed by atoms with van der Waals surface area (Å²) >= 11 is 6.05. The number of para-hydroxylation sites is 2. The van der Waals surface area contributed by atoms with Gasteiger partial charge in [0, 0.05) is 22.1 Å². The number of anilines is 2. The lowest BCUT2D eigenvalue weighted by atomic mass is 10.2. The van der Waals surface area contributed by atoms with Gasteiger partial charge < -0.3 is 15.3 Å². The Kier molecular flexibility index (Phi) is 2.44. The lowest BCUT2D eigenvalue weighted by molar-refractivity contribution is 1.31. The van der Waals surface area contributed by atoms with Crippen molar-refractivity contribution < 1.29 is 0 Å². The molecule has 2 heterocycles. The molecule has 2 aromatic carbocycles. The number of fused-ring (bicyclic) bond motifs is 2. The van der Waals surface area contributed by atoms with Gasteiger partial charge in [-0.05, 0) is 30.3 Å². The average Bonchev–Trinajstić information content (AvgIpc) is 3.03. The molecule has 0 bridgehead atoms. The summed E-state index contributed by atoms with van der Waals surface area (Å²) in [5.74, 6) is 0.715. The van der Waals surface area contributed by atoms with E-state index in [2.05, 4.69) is 20.3 Å². The van der Waals surface area contributed by atoms with Crippen LogP contribution in [0.5, 0.6) is 0 Å². The first-order valence-electron chi connectivity index (χ1n) is 6.28. The molecule has 0 aliphatic rings. The minimum absolute atomic E-state index is 0.713. The largest absolute Gasteiger partial charge is 0.359 e. The minimum atomic E-state index is 0.713. The van der Waals surface area contributed by atoms with Gasteiger partial charge in [-0.25, -0.2) is 4.98 Å². The molecule has 0 aliphatic heterocycles. The van der Waals surface area contributed by atoms with Crippen molar-refractivity contribution >= 4 is 45.2 Å². The predicted octanol–water partition coefficient (Wildman–Crippen LogP) is 4.44. The van der Waals surface area contributed by atoms with E-state index in [9.17, 15) is 0 Å². The van der Waals surface area contributed by atoms with Gasteiger partial charge in [0.25, 0.3) is 0 Å². The van der Waals surface area contributed by atoms with Crippen molar-refractivity contribution in [1.82, 2.24) is 15.0 Å². The molecular weight excluding hydrogens is 272 g/mol. The van der Waals surface area contributed by atoms with E-state index in [1.165, 1.54) is 0 Å². The van der Waals surface area contributed by atoms with E-state index in [0.29, 0.717) is 11.0 Å². The number of rotatable bonds is 2. The summed E-state index contributed by atoms with van der Waals surface area (Å²) in [4.78, 5) is 11.0. The van der Waals surface area contributed by atoms with Crippen LogP contribution in [0.25, 0.3) is 21.9 Å². The number of hydrogen-bond donors (Lipinski definition) is 3. The second-order valence-electron chi connectivity index (χ2n) is 4.62. The highest BCUT2D eigenvalue weighted by Crippen LogP contribution is 2.28. The number of aromatic amines is 2. The number of imidazole rings is 1. The van der Waals surface area contributed by atoms with Gasteiger partial charge in [0.05, 0.1) is 16.7 Å². The van der Waals surface area contributed by atoms with Crippen molar-refractivity contribution in [3.63, 3.8) is 0 Å². The Morgan fingerprint density at radius 2 is 1.95 bits per heavy atom. The van der Waals surface area contributed by atoms with Crippen LogP contribution < -0.4 is 5.32 Å². The first-order valence-corrected chi connectivity index (χ1v) is 6.66. The van der Waals surface area contributed by atoms with Crippen molar-refractivity contribution in [1.29, 1.82) is 0 Å². The number of halogens is 1. The Bertz CT molecular complexity index is 873. The maximum absolute atomic E-state index is 6.05. The fourth-order valence-corrected chi connectivity index (χ4v) is 2.51. The van der Waals surface area contributed by atoms with E-state index < -0.39 is 0 Å². The van der Waals surface area contributed by atoms with E-state index in [1.807, 2.05) is 48.7 Å². The normalized spacial score (nSPS) is 11.2. The van der Waals surface area contributed by atoms with E-state index >= 15 is 0 Å². The molecule has 4 nitrogen and oxygen atoms in total. The van der Waals surface area contributed by atoms with Crippen LogP contribution in [0.1, 0.15) is 0 Å². The Labute approximate surface area is 119 Å². The Hall–Kier alpha value is -2.46. The Balaban J connectivity index is 1.78. The smallest absolute Gasteiger partial charge is 0.205 e. The molecule has 4 rings (SSSR count). The highest BCUT2D eigenvalue weighted by atomic mass is 35.5. The number of H-pyrrole nitrogens is 2. The summed E-state index contributed by atoms with van der Waals surface area (Å²) in [5.41, 5.74) is 3.93. The summed E-state index contributed by atoms with van der Waals surface area (Å²) in [6.07, 6.45) is 1.91. The molecule has 0 atom stereocenters. The monoisotopic (exact) mass is 282 g/mol. The SMILES string of the molecule is Clc1ccc2[nH]cc(Nc3nc4ccccc4[nH]3)c2c1. The summed E-state index contributed by atoms with van der Waals surface area (Å²) in [5, 5.41) is 5.04. The van der Waals surface area contributed by atoms with Gasteiger partial charge in [-0.2, -0.15) is 0 Å². The lowest BCUT2D eigenvalue weighted by Gasteiger charge is -2.00. The summed E-state index contributed by atoms with van der Waals surface area (Å²) < 4.78 is 0. The highest BCUT2D eigenvalue weighted by Gasteiger charge is 2.07. The molecule has 0 saturated heterocycles. The van der Waals surface area contributed by atoms with Gasteiger partial charge in [0.2, 0.25) is 5.95 Å². The van der Waals surface area contributed by atoms with Crippen molar-refractivity contribution in [2.75, 3.05) is 5.32 Å². The summed E-state index contributed by atoms with van der Waals surface area (Å²) in [6.45, 7) is 0. The third-order valence-corrected chi connectivity index (χ3v) is 3.52. The van der Waals surface area contributed by atoms with E-state index in [1.54, 1.807) is 0 Å². The molecule has 0 radical (unpaired) electrons. The van der Waals surface area contributed by atoms with E-state index in [0.717, 1.165) is 27.6 Å². The van der Waals surface area contributed by atoms with E-state index in [4.69, 9.17) is 11.6 Å². The third-order valence-electron chi connectivity index (χ3n) is 3.29. The molecule has 0 unspecified atom stereocenters. The standard InChI is InChI=1S/C15H11ClN4/c16-9-5-6-11-10(7-9)14(8-17-11)20-15-18-12-3-1-2-4-13(12)19-15/h1-8,17H,(H2,18,19,20). The quantitative estimate of drug-likeness (QED) is 0.509. The maximum Gasteiger partial charge on any atom is 0.205 e. The molecular formula is C15H11ClN4. The topological polar surface area (TPSA) is 56.5 Å². The first-order chi connectivity index (χ1) is 9.79. The van der Waals surface area contributed by atoms with Crippen LogP contribution in [0.2, 0.25) is 5.02 Å². The molecule has 4 aromatic rings. The molecule has 3 N–H and O–H groups in total. The van der Waals surface area contributed by atoms with Gasteiger partial charge in [-0.3, -0.25) is 0 Å². The van der Waals surface area contributed by atoms with Crippen LogP contribution in [0, 0.1) is 0 Å². The third kappa shape index (κ3) is 1.82. The summed E-state index contributed by atoms with van der Waals surface area (Å²) in [7, 11) is 0. The molecule has 0 aliphatic carbocycles. The lowest BCUT2D eigenvalue weighted by Crippen LogP contribution is -1.90. The summed E-state index contributed by atoms with van der Waals surface area (Å²) in [6, 6.07) is 13.7. The van der Waals surface area contributed by atoms with Gasteiger partial charge in [-0.1, -0.05) is 23.7 Å². The fraction of sp³-hybridized carbons (Fsp3) is 0. The van der Waals surface area contributed by atoms with Gasteiger partial charge in [0.1, 0.15) is 0 Å². The zero-order valence-electron chi connectivity index (χ0n) is 10.4. The van der Waals surface area contributed by atoms with Crippen LogP contribution in [0.3, 0.4) is 0 Å². The van der Waals surface area contributed by atoms with Gasteiger partial charge >= 0.3 is 0 Å². The van der Waals surface area contributed by atoms with Crippen LogP contribution in [0.4, 0.5) is 11.6 Å². The Morgan fingerprint density at radius 1 is 1.05 bits per heavy atom. The number of nitrogens with zero attached hydrogens (tertiary/aromatic N) is 1. The number of aromatic nitrogens is 3. The number of hydrogen-bond acceptors (Lipinski definition) is 2. The molecule has 0 amide bonds. The number of nitrogens with one attached hydrogen (secondary N) is 3. The van der Waals surface area contributed by atoms with Crippen LogP contribution in [-0.2, 0) is 0 Å². The van der Waals surface area contributed by atoms with Gasteiger partial charge in [0.15, 0.2) is 0 Å². The molecule has 2 aromatic heterocycles. The zero-order chi connectivity index (χ0) is 13.5. The molecule has 98 valence electrons. The van der Waals surface area contributed by atoms with Crippen LogP contribution >= 0.6 is 11.6 Å². The Morgan fingerprint density at radius 3 is 2.85 bits per heavy atom.